The maximum atomic E-state index is 7.37. The molecule has 3 atom stereocenters. The van der Waals surface area contributed by atoms with Crippen molar-refractivity contribution in [3.05, 3.63) is 0 Å². The number of hydrogen-bond donors (Lipinski definition) is 2. The monoisotopic (exact) mass is 198 g/mol. The van der Waals surface area contributed by atoms with Crippen molar-refractivity contribution in [1.29, 1.82) is 5.41 Å². The Hall–Kier alpha value is -0.570. The largest absolute Gasteiger partial charge is 0.385 e. The average Bonchev–Trinajstić information content (AvgIpc) is 2.14. The number of rotatable bonds is 4. The second-order valence-electron chi connectivity index (χ2n) is 4.38. The van der Waals surface area contributed by atoms with Crippen LogP contribution in [0.3, 0.4) is 0 Å². The Morgan fingerprint density at radius 3 is 2.79 bits per heavy atom. The summed E-state index contributed by atoms with van der Waals surface area (Å²) in [5.74, 6) is 0.934. The number of nitrogens with one attached hydrogen (secondary N) is 1. The van der Waals surface area contributed by atoms with Crippen LogP contribution in [-0.2, 0) is 4.74 Å². The maximum absolute atomic E-state index is 7.37. The fourth-order valence-corrected chi connectivity index (χ4v) is 2.12. The second-order valence-corrected chi connectivity index (χ2v) is 4.38. The smallest absolute Gasteiger partial charge is 0.120 e. The normalized spacial score (nSPS) is 29.9. The number of nitrogens with two attached hydrogens (primary N) is 1. The summed E-state index contributed by atoms with van der Waals surface area (Å²) in [6.07, 6.45) is 5.80. The molecule has 3 nitrogen and oxygen atoms in total. The van der Waals surface area contributed by atoms with E-state index < -0.39 is 0 Å². The lowest BCUT2D eigenvalue weighted by atomic mass is 9.88. The van der Waals surface area contributed by atoms with Crippen LogP contribution in [0, 0.1) is 11.3 Å². The molecule has 0 bridgehead atoms. The fraction of sp³-hybridized carbons (Fsp3) is 0.909. The highest BCUT2D eigenvalue weighted by atomic mass is 16.5. The van der Waals surface area contributed by atoms with Gasteiger partial charge in [-0.15, -0.1) is 0 Å². The van der Waals surface area contributed by atoms with Crippen LogP contribution in [-0.4, -0.2) is 18.0 Å². The zero-order chi connectivity index (χ0) is 10.6. The molecule has 1 aliphatic rings. The van der Waals surface area contributed by atoms with Crippen LogP contribution in [0.2, 0.25) is 0 Å². The van der Waals surface area contributed by atoms with Crippen LogP contribution in [0.5, 0.6) is 0 Å². The topological polar surface area (TPSA) is 59.1 Å². The molecule has 1 fully saturated rings. The molecule has 0 heterocycles. The molecule has 0 aromatic heterocycles. The predicted molar refractivity (Wildman–Crippen MR) is 58.5 cm³/mol. The maximum Gasteiger partial charge on any atom is 0.120 e. The Kier molecular flexibility index (Phi) is 4.39. The minimum atomic E-state index is -0.162. The summed E-state index contributed by atoms with van der Waals surface area (Å²) in [4.78, 5) is 0. The van der Waals surface area contributed by atoms with E-state index in [2.05, 4.69) is 6.92 Å². The van der Waals surface area contributed by atoms with Crippen LogP contribution in [0.4, 0.5) is 0 Å². The highest BCUT2D eigenvalue weighted by Crippen LogP contribution is 2.26. The lowest BCUT2D eigenvalue weighted by molar-refractivity contribution is -0.0109. The minimum Gasteiger partial charge on any atom is -0.385 e. The quantitative estimate of drug-likeness (QED) is 0.538. The third kappa shape index (κ3) is 3.29. The van der Waals surface area contributed by atoms with Crippen LogP contribution in [0.25, 0.3) is 0 Å². The van der Waals surface area contributed by atoms with Crippen molar-refractivity contribution in [2.24, 2.45) is 11.7 Å². The van der Waals surface area contributed by atoms with Gasteiger partial charge in [-0.05, 0) is 25.2 Å². The molecule has 0 spiro atoms. The third-order valence-corrected chi connectivity index (χ3v) is 2.96. The molecule has 3 heteroatoms. The van der Waals surface area contributed by atoms with E-state index in [9.17, 15) is 0 Å². The number of amidine groups is 1. The molecule has 0 aromatic rings. The first-order chi connectivity index (χ1) is 6.63. The molecule has 0 radical (unpaired) electrons. The van der Waals surface area contributed by atoms with Crippen molar-refractivity contribution in [2.45, 2.75) is 58.2 Å². The lowest BCUT2D eigenvalue weighted by Gasteiger charge is -2.29. The average molecular weight is 198 g/mol. The van der Waals surface area contributed by atoms with E-state index in [0.717, 1.165) is 25.2 Å². The van der Waals surface area contributed by atoms with Gasteiger partial charge in [0.2, 0.25) is 0 Å². The third-order valence-electron chi connectivity index (χ3n) is 2.96. The van der Waals surface area contributed by atoms with E-state index in [1.54, 1.807) is 0 Å². The molecule has 3 N–H and O–H groups in total. The summed E-state index contributed by atoms with van der Waals surface area (Å²) < 4.78 is 5.82. The second kappa shape index (κ2) is 5.35. The molecule has 0 aliphatic heterocycles. The standard InChI is InChI=1S/C11H22N2O/c1-3-10(11(12)13)14-9-6-4-5-8(2)7-9/h8-10H,3-7H2,1-2H3,(H3,12,13). The van der Waals surface area contributed by atoms with Gasteiger partial charge in [0.25, 0.3) is 0 Å². The summed E-state index contributed by atoms with van der Waals surface area (Å²) in [5.41, 5.74) is 5.46. The van der Waals surface area contributed by atoms with E-state index in [0.29, 0.717) is 6.10 Å². The van der Waals surface area contributed by atoms with Crippen LogP contribution in [0.15, 0.2) is 0 Å². The minimum absolute atomic E-state index is 0.162. The fourth-order valence-electron chi connectivity index (χ4n) is 2.12. The van der Waals surface area contributed by atoms with Crippen LogP contribution < -0.4 is 5.73 Å². The Morgan fingerprint density at radius 2 is 2.29 bits per heavy atom. The molecule has 14 heavy (non-hydrogen) atoms. The van der Waals surface area contributed by atoms with Crippen molar-refractivity contribution in [1.82, 2.24) is 0 Å². The van der Waals surface area contributed by atoms with Gasteiger partial charge in [-0.3, -0.25) is 5.41 Å². The Bertz CT molecular complexity index is 194. The van der Waals surface area contributed by atoms with Crippen molar-refractivity contribution in [2.75, 3.05) is 0 Å². The van der Waals surface area contributed by atoms with Crippen molar-refractivity contribution >= 4 is 5.84 Å². The molecule has 0 saturated heterocycles. The highest BCUT2D eigenvalue weighted by molar-refractivity contribution is 5.81. The summed E-state index contributed by atoms with van der Waals surface area (Å²) in [6.45, 7) is 4.28. The van der Waals surface area contributed by atoms with E-state index >= 15 is 0 Å². The van der Waals surface area contributed by atoms with Gasteiger partial charge >= 0.3 is 0 Å². The van der Waals surface area contributed by atoms with Crippen molar-refractivity contribution < 1.29 is 4.74 Å². The SMILES string of the molecule is CCC(OC1CCCC(C)C1)C(=N)N. The molecule has 3 unspecified atom stereocenters. The Balaban J connectivity index is 2.37. The van der Waals surface area contributed by atoms with E-state index in [-0.39, 0.29) is 11.9 Å². The zero-order valence-corrected chi connectivity index (χ0v) is 9.25. The van der Waals surface area contributed by atoms with Crippen molar-refractivity contribution in [3.8, 4) is 0 Å². The van der Waals surface area contributed by atoms with Gasteiger partial charge in [0.15, 0.2) is 0 Å². The molecule has 1 rings (SSSR count). The molecule has 1 aliphatic carbocycles. The lowest BCUT2D eigenvalue weighted by Crippen LogP contribution is -2.35. The van der Waals surface area contributed by atoms with Gasteiger partial charge in [0.1, 0.15) is 11.9 Å². The number of ether oxygens (including phenoxy) is 1. The molecular formula is C11H22N2O. The molecule has 82 valence electrons. The summed E-state index contributed by atoms with van der Waals surface area (Å²) in [7, 11) is 0. The molecule has 0 aromatic carbocycles. The van der Waals surface area contributed by atoms with Gasteiger partial charge < -0.3 is 10.5 Å². The van der Waals surface area contributed by atoms with Gasteiger partial charge in [0, 0.05) is 0 Å². The first kappa shape index (κ1) is 11.5. The molecular weight excluding hydrogens is 176 g/mol. The summed E-state index contributed by atoms with van der Waals surface area (Å²) in [5, 5.41) is 7.37. The summed E-state index contributed by atoms with van der Waals surface area (Å²) in [6, 6.07) is 0. The van der Waals surface area contributed by atoms with Gasteiger partial charge in [-0.1, -0.05) is 26.7 Å². The first-order valence-electron chi connectivity index (χ1n) is 5.62. The Labute approximate surface area is 86.5 Å². The van der Waals surface area contributed by atoms with Gasteiger partial charge in [-0.25, -0.2) is 0 Å². The van der Waals surface area contributed by atoms with Gasteiger partial charge in [0.05, 0.1) is 6.10 Å². The summed E-state index contributed by atoms with van der Waals surface area (Å²) >= 11 is 0. The van der Waals surface area contributed by atoms with E-state index in [1.807, 2.05) is 6.92 Å². The van der Waals surface area contributed by atoms with Crippen molar-refractivity contribution in [3.63, 3.8) is 0 Å². The molecule has 1 saturated carbocycles. The Morgan fingerprint density at radius 1 is 1.57 bits per heavy atom. The zero-order valence-electron chi connectivity index (χ0n) is 9.25. The van der Waals surface area contributed by atoms with E-state index in [4.69, 9.17) is 15.9 Å². The molecule has 0 amide bonds. The first-order valence-corrected chi connectivity index (χ1v) is 5.62. The van der Waals surface area contributed by atoms with Crippen LogP contribution >= 0.6 is 0 Å². The van der Waals surface area contributed by atoms with Gasteiger partial charge in [-0.2, -0.15) is 0 Å². The van der Waals surface area contributed by atoms with Crippen LogP contribution in [0.1, 0.15) is 46.0 Å². The van der Waals surface area contributed by atoms with E-state index in [1.165, 1.54) is 12.8 Å². The number of hydrogen-bond acceptors (Lipinski definition) is 2. The highest BCUT2D eigenvalue weighted by Gasteiger charge is 2.23. The predicted octanol–water partition coefficient (Wildman–Crippen LogP) is 2.30.